The molecule has 146 valence electrons. The van der Waals surface area contributed by atoms with Gasteiger partial charge in [-0.15, -0.1) is 12.4 Å². The van der Waals surface area contributed by atoms with Crippen molar-refractivity contribution in [1.29, 1.82) is 0 Å². The number of nitrogens with zero attached hydrogens (tertiary/aromatic N) is 2. The van der Waals surface area contributed by atoms with E-state index in [4.69, 9.17) is 4.74 Å². The molecule has 0 aliphatic carbocycles. The van der Waals surface area contributed by atoms with Crippen LogP contribution < -0.4 is 15.4 Å². The molecular formula is C20H27ClN4O2. The van der Waals surface area contributed by atoms with E-state index in [0.717, 1.165) is 12.2 Å². The molecule has 1 unspecified atom stereocenters. The summed E-state index contributed by atoms with van der Waals surface area (Å²) >= 11 is 0. The second kappa shape index (κ2) is 10.1. The molecule has 2 N–H and O–H groups in total. The molecule has 3 rings (SSSR count). The Bertz CT molecular complexity index is 710. The lowest BCUT2D eigenvalue weighted by Gasteiger charge is -2.35. The predicted octanol–water partition coefficient (Wildman–Crippen LogP) is 3.51. The van der Waals surface area contributed by atoms with Crippen molar-refractivity contribution in [2.24, 2.45) is 0 Å². The third-order valence-electron chi connectivity index (χ3n) is 4.52. The van der Waals surface area contributed by atoms with E-state index in [0.29, 0.717) is 31.4 Å². The van der Waals surface area contributed by atoms with E-state index in [1.165, 1.54) is 5.56 Å². The number of hydrogen-bond acceptors (Lipinski definition) is 4. The number of urea groups is 1. The first-order valence-corrected chi connectivity index (χ1v) is 9.04. The Morgan fingerprint density at radius 3 is 2.78 bits per heavy atom. The van der Waals surface area contributed by atoms with Crippen molar-refractivity contribution in [3.63, 3.8) is 0 Å². The van der Waals surface area contributed by atoms with Crippen LogP contribution in [0, 0.1) is 0 Å². The minimum atomic E-state index is -0.0939. The highest BCUT2D eigenvalue weighted by atomic mass is 35.5. The van der Waals surface area contributed by atoms with Crippen molar-refractivity contribution < 1.29 is 9.53 Å². The number of amides is 2. The molecule has 27 heavy (non-hydrogen) atoms. The summed E-state index contributed by atoms with van der Waals surface area (Å²) < 4.78 is 5.79. The van der Waals surface area contributed by atoms with Gasteiger partial charge in [0.25, 0.3) is 0 Å². The fourth-order valence-electron chi connectivity index (χ4n) is 2.95. The van der Waals surface area contributed by atoms with Crippen LogP contribution in [-0.2, 0) is 0 Å². The number of ether oxygens (including phenoxy) is 1. The minimum Gasteiger partial charge on any atom is -0.490 e. The fourth-order valence-corrected chi connectivity index (χ4v) is 2.95. The summed E-state index contributed by atoms with van der Waals surface area (Å²) in [6, 6.07) is 11.6. The summed E-state index contributed by atoms with van der Waals surface area (Å²) in [5.74, 6) is 1.18. The van der Waals surface area contributed by atoms with Crippen LogP contribution in [-0.4, -0.2) is 48.2 Å². The number of rotatable bonds is 5. The van der Waals surface area contributed by atoms with Gasteiger partial charge < -0.3 is 20.3 Å². The lowest BCUT2D eigenvalue weighted by atomic mass is 10.0. The number of anilines is 1. The zero-order valence-electron chi connectivity index (χ0n) is 15.7. The van der Waals surface area contributed by atoms with Crippen molar-refractivity contribution in [2.45, 2.75) is 25.8 Å². The first kappa shape index (κ1) is 21.0. The summed E-state index contributed by atoms with van der Waals surface area (Å²) in [7, 11) is 0. The zero-order valence-corrected chi connectivity index (χ0v) is 16.5. The van der Waals surface area contributed by atoms with Crippen LogP contribution in [0.3, 0.4) is 0 Å². The molecule has 2 aromatic rings. The molecule has 0 bridgehead atoms. The highest BCUT2D eigenvalue weighted by Crippen LogP contribution is 2.18. The molecule has 0 spiro atoms. The van der Waals surface area contributed by atoms with Crippen LogP contribution in [0.2, 0.25) is 0 Å². The highest BCUT2D eigenvalue weighted by Gasteiger charge is 2.27. The predicted molar refractivity (Wildman–Crippen MR) is 110 cm³/mol. The molecular weight excluding hydrogens is 364 g/mol. The van der Waals surface area contributed by atoms with Gasteiger partial charge in [-0.05, 0) is 35.7 Å². The summed E-state index contributed by atoms with van der Waals surface area (Å²) in [4.78, 5) is 18.6. The van der Waals surface area contributed by atoms with Crippen molar-refractivity contribution >= 4 is 24.1 Å². The SMILES string of the molecule is CC(C)c1ccc(NC(=O)N2CCNCC2COc2cccnc2)cc1.Cl. The number of halogens is 1. The fraction of sp³-hybridized carbons (Fsp3) is 0.400. The molecule has 2 heterocycles. The van der Waals surface area contributed by atoms with Crippen LogP contribution in [0.15, 0.2) is 48.8 Å². The summed E-state index contributed by atoms with van der Waals surface area (Å²) in [5, 5.41) is 6.32. The molecule has 1 aliphatic rings. The normalized spacial score (nSPS) is 16.6. The number of piperazine rings is 1. The van der Waals surface area contributed by atoms with Gasteiger partial charge in [-0.3, -0.25) is 4.98 Å². The average Bonchev–Trinajstić information content (AvgIpc) is 2.68. The molecule has 1 aromatic carbocycles. The van der Waals surface area contributed by atoms with Crippen molar-refractivity contribution in [3.8, 4) is 5.75 Å². The number of pyridine rings is 1. The number of benzene rings is 1. The Kier molecular flexibility index (Phi) is 7.88. The van der Waals surface area contributed by atoms with E-state index in [2.05, 4.69) is 41.6 Å². The summed E-state index contributed by atoms with van der Waals surface area (Å²) in [6.07, 6.45) is 3.39. The Hall–Kier alpha value is -2.31. The molecule has 1 saturated heterocycles. The molecule has 1 aromatic heterocycles. The lowest BCUT2D eigenvalue weighted by Crippen LogP contribution is -2.57. The van der Waals surface area contributed by atoms with E-state index in [9.17, 15) is 4.79 Å². The van der Waals surface area contributed by atoms with Gasteiger partial charge >= 0.3 is 6.03 Å². The monoisotopic (exact) mass is 390 g/mol. The van der Waals surface area contributed by atoms with E-state index < -0.39 is 0 Å². The van der Waals surface area contributed by atoms with Gasteiger partial charge in [-0.25, -0.2) is 4.79 Å². The van der Waals surface area contributed by atoms with Gasteiger partial charge in [0.15, 0.2) is 0 Å². The van der Waals surface area contributed by atoms with E-state index in [1.807, 2.05) is 29.2 Å². The molecule has 0 saturated carbocycles. The van der Waals surface area contributed by atoms with Crippen LogP contribution in [0.5, 0.6) is 5.75 Å². The van der Waals surface area contributed by atoms with Crippen LogP contribution in [0.1, 0.15) is 25.3 Å². The van der Waals surface area contributed by atoms with E-state index in [-0.39, 0.29) is 24.5 Å². The molecule has 0 radical (unpaired) electrons. The zero-order chi connectivity index (χ0) is 18.4. The van der Waals surface area contributed by atoms with Crippen LogP contribution in [0.4, 0.5) is 10.5 Å². The third-order valence-corrected chi connectivity index (χ3v) is 4.52. The topological polar surface area (TPSA) is 66.5 Å². The first-order valence-electron chi connectivity index (χ1n) is 9.04. The second-order valence-electron chi connectivity index (χ2n) is 6.76. The Labute approximate surface area is 166 Å². The third kappa shape index (κ3) is 5.84. The Morgan fingerprint density at radius 1 is 1.33 bits per heavy atom. The van der Waals surface area contributed by atoms with Crippen molar-refractivity contribution in [1.82, 2.24) is 15.2 Å². The van der Waals surface area contributed by atoms with Gasteiger partial charge in [-0.2, -0.15) is 0 Å². The summed E-state index contributed by atoms with van der Waals surface area (Å²) in [5.41, 5.74) is 2.07. The quantitative estimate of drug-likeness (QED) is 0.819. The highest BCUT2D eigenvalue weighted by molar-refractivity contribution is 5.89. The van der Waals surface area contributed by atoms with Gasteiger partial charge in [-0.1, -0.05) is 26.0 Å². The lowest BCUT2D eigenvalue weighted by molar-refractivity contribution is 0.133. The van der Waals surface area contributed by atoms with Gasteiger partial charge in [0.2, 0.25) is 0 Å². The Balaban J connectivity index is 0.00000261. The second-order valence-corrected chi connectivity index (χ2v) is 6.76. The Morgan fingerprint density at radius 2 is 2.11 bits per heavy atom. The number of carbonyl (C=O) groups excluding carboxylic acids is 1. The average molecular weight is 391 g/mol. The number of hydrogen-bond donors (Lipinski definition) is 2. The molecule has 1 aliphatic heterocycles. The molecule has 2 amide bonds. The molecule has 6 nitrogen and oxygen atoms in total. The maximum Gasteiger partial charge on any atom is 0.322 e. The molecule has 1 fully saturated rings. The van der Waals surface area contributed by atoms with Gasteiger partial charge in [0.1, 0.15) is 12.4 Å². The largest absolute Gasteiger partial charge is 0.490 e. The number of aromatic nitrogens is 1. The van der Waals surface area contributed by atoms with E-state index >= 15 is 0 Å². The molecule has 7 heteroatoms. The van der Waals surface area contributed by atoms with Crippen molar-refractivity contribution in [2.75, 3.05) is 31.6 Å². The molecule has 1 atom stereocenters. The van der Waals surface area contributed by atoms with Gasteiger partial charge in [0.05, 0.1) is 12.2 Å². The standard InChI is InChI=1S/C20H26N4O2.ClH/c1-15(2)16-5-7-17(8-6-16)23-20(25)24-11-10-22-12-18(24)14-26-19-4-3-9-21-13-19;/h3-9,13,15,18,22H,10-12,14H2,1-2H3,(H,23,25);1H. The van der Waals surface area contributed by atoms with Crippen LogP contribution in [0.25, 0.3) is 0 Å². The number of nitrogens with one attached hydrogen (secondary N) is 2. The summed E-state index contributed by atoms with van der Waals surface area (Å²) in [6.45, 7) is 6.88. The first-order chi connectivity index (χ1) is 12.6. The number of carbonyl (C=O) groups is 1. The smallest absolute Gasteiger partial charge is 0.322 e. The van der Waals surface area contributed by atoms with Crippen LogP contribution >= 0.6 is 12.4 Å². The van der Waals surface area contributed by atoms with E-state index in [1.54, 1.807) is 12.4 Å². The van der Waals surface area contributed by atoms with Crippen molar-refractivity contribution in [3.05, 3.63) is 54.4 Å². The van der Waals surface area contributed by atoms with Gasteiger partial charge in [0, 0.05) is 31.5 Å². The maximum atomic E-state index is 12.7. The maximum absolute atomic E-state index is 12.7. The minimum absolute atomic E-state index is 0.